The van der Waals surface area contributed by atoms with Crippen molar-refractivity contribution in [3.05, 3.63) is 95.6 Å². The lowest BCUT2D eigenvalue weighted by atomic mass is 10.1. The molecule has 0 spiro atoms. The molecular weight excluding hydrogens is 460 g/mol. The Kier molecular flexibility index (Phi) is 8.17. The minimum absolute atomic E-state index is 0.125. The molecule has 0 aromatic heterocycles. The van der Waals surface area contributed by atoms with Crippen LogP contribution in [0.15, 0.2) is 83.8 Å². The monoisotopic (exact) mass is 492 g/mol. The van der Waals surface area contributed by atoms with E-state index in [9.17, 15) is 13.2 Å². The molecule has 3 aromatic rings. The van der Waals surface area contributed by atoms with Gasteiger partial charge in [-0.1, -0.05) is 48.0 Å². The lowest BCUT2D eigenvalue weighted by Crippen LogP contribution is -2.48. The third-order valence-electron chi connectivity index (χ3n) is 6.22. The van der Waals surface area contributed by atoms with Gasteiger partial charge in [0.1, 0.15) is 0 Å². The van der Waals surface area contributed by atoms with Crippen LogP contribution in [-0.2, 0) is 16.6 Å². The van der Waals surface area contributed by atoms with Gasteiger partial charge in [-0.25, -0.2) is 13.1 Å². The second-order valence-corrected chi connectivity index (χ2v) is 10.5. The van der Waals surface area contributed by atoms with Crippen LogP contribution in [0.25, 0.3) is 0 Å². The standard InChI is InChI=1S/C27H32N4O3S/c1-22-7-13-26(14-8-22)35(33,34)29-21-23-9-11-24(12-10-23)27(32)28-15-16-30-17-19-31(20-18-30)25-5-3-2-4-6-25/h2-14,29H,15-21H2,1H3,(H,28,32). The summed E-state index contributed by atoms with van der Waals surface area (Å²) in [5.41, 5.74) is 3.60. The molecular formula is C27H32N4O3S. The van der Waals surface area contributed by atoms with Gasteiger partial charge in [-0.15, -0.1) is 0 Å². The van der Waals surface area contributed by atoms with Crippen molar-refractivity contribution in [1.29, 1.82) is 0 Å². The van der Waals surface area contributed by atoms with E-state index in [0.29, 0.717) is 12.1 Å². The maximum absolute atomic E-state index is 12.5. The van der Waals surface area contributed by atoms with E-state index in [1.165, 1.54) is 5.69 Å². The molecule has 4 rings (SSSR count). The number of rotatable bonds is 9. The molecule has 0 aliphatic carbocycles. The number of anilines is 1. The van der Waals surface area contributed by atoms with Crippen molar-refractivity contribution in [3.63, 3.8) is 0 Å². The molecule has 7 nitrogen and oxygen atoms in total. The smallest absolute Gasteiger partial charge is 0.251 e. The molecule has 0 atom stereocenters. The second kappa shape index (κ2) is 11.5. The molecule has 0 radical (unpaired) electrons. The summed E-state index contributed by atoms with van der Waals surface area (Å²) in [5.74, 6) is -0.125. The number of hydrogen-bond acceptors (Lipinski definition) is 5. The van der Waals surface area contributed by atoms with Crippen LogP contribution in [0.2, 0.25) is 0 Å². The summed E-state index contributed by atoms with van der Waals surface area (Å²) in [4.78, 5) is 17.5. The number of sulfonamides is 1. The fourth-order valence-corrected chi connectivity index (χ4v) is 5.07. The molecule has 0 bridgehead atoms. The summed E-state index contributed by atoms with van der Waals surface area (Å²) in [6.07, 6.45) is 0. The number of carbonyl (C=O) groups is 1. The number of hydrogen-bond donors (Lipinski definition) is 2. The second-order valence-electron chi connectivity index (χ2n) is 8.75. The molecule has 0 saturated carbocycles. The zero-order valence-electron chi connectivity index (χ0n) is 20.0. The van der Waals surface area contributed by atoms with Gasteiger partial charge in [0.25, 0.3) is 5.91 Å². The van der Waals surface area contributed by atoms with E-state index in [0.717, 1.165) is 43.9 Å². The van der Waals surface area contributed by atoms with E-state index in [4.69, 9.17) is 0 Å². The maximum atomic E-state index is 12.5. The summed E-state index contributed by atoms with van der Waals surface area (Å²) < 4.78 is 27.5. The average Bonchev–Trinajstić information content (AvgIpc) is 2.89. The molecule has 184 valence electrons. The van der Waals surface area contributed by atoms with Gasteiger partial charge in [0.15, 0.2) is 0 Å². The normalized spacial score (nSPS) is 14.6. The zero-order valence-corrected chi connectivity index (χ0v) is 20.8. The Bertz CT molecular complexity index is 1210. The van der Waals surface area contributed by atoms with Crippen LogP contribution in [0.5, 0.6) is 0 Å². The van der Waals surface area contributed by atoms with Crippen LogP contribution in [-0.4, -0.2) is 58.5 Å². The first kappa shape index (κ1) is 24.9. The summed E-state index contributed by atoms with van der Waals surface area (Å²) in [6.45, 7) is 7.37. The number of carbonyl (C=O) groups excluding carboxylic acids is 1. The molecule has 2 N–H and O–H groups in total. The van der Waals surface area contributed by atoms with Crippen molar-refractivity contribution in [1.82, 2.24) is 14.9 Å². The van der Waals surface area contributed by atoms with E-state index in [1.807, 2.05) is 13.0 Å². The minimum atomic E-state index is -3.58. The molecule has 0 unspecified atom stereocenters. The van der Waals surface area contributed by atoms with Crippen LogP contribution in [0.1, 0.15) is 21.5 Å². The highest BCUT2D eigenvalue weighted by Gasteiger charge is 2.17. The van der Waals surface area contributed by atoms with Crippen molar-refractivity contribution in [3.8, 4) is 0 Å². The highest BCUT2D eigenvalue weighted by Crippen LogP contribution is 2.15. The fourth-order valence-electron chi connectivity index (χ4n) is 4.05. The Morgan fingerprint density at radius 3 is 2.17 bits per heavy atom. The quantitative estimate of drug-likeness (QED) is 0.480. The van der Waals surface area contributed by atoms with Crippen molar-refractivity contribution < 1.29 is 13.2 Å². The van der Waals surface area contributed by atoms with Crippen molar-refractivity contribution in [2.45, 2.75) is 18.4 Å². The van der Waals surface area contributed by atoms with E-state index in [1.54, 1.807) is 48.5 Å². The molecule has 1 aliphatic heterocycles. The summed E-state index contributed by atoms with van der Waals surface area (Å²) >= 11 is 0. The van der Waals surface area contributed by atoms with Crippen molar-refractivity contribution in [2.24, 2.45) is 0 Å². The Labute approximate surface area is 207 Å². The third-order valence-corrected chi connectivity index (χ3v) is 7.64. The van der Waals surface area contributed by atoms with Crippen molar-refractivity contribution >= 4 is 21.6 Å². The Balaban J connectivity index is 1.19. The Hall–Kier alpha value is -3.20. The molecule has 1 saturated heterocycles. The van der Waals surface area contributed by atoms with Gasteiger partial charge >= 0.3 is 0 Å². The Morgan fingerprint density at radius 1 is 0.857 bits per heavy atom. The number of aryl methyl sites for hydroxylation is 1. The first-order valence-electron chi connectivity index (χ1n) is 11.9. The SMILES string of the molecule is Cc1ccc(S(=O)(=O)NCc2ccc(C(=O)NCCN3CCN(c4ccccc4)CC3)cc2)cc1. The van der Waals surface area contributed by atoms with Gasteiger partial charge in [0, 0.05) is 57.1 Å². The highest BCUT2D eigenvalue weighted by molar-refractivity contribution is 7.89. The van der Waals surface area contributed by atoms with Gasteiger partial charge in [0.2, 0.25) is 10.0 Å². The molecule has 1 aliphatic rings. The molecule has 1 fully saturated rings. The highest BCUT2D eigenvalue weighted by atomic mass is 32.2. The van der Waals surface area contributed by atoms with Gasteiger partial charge in [-0.05, 0) is 48.9 Å². The molecule has 8 heteroatoms. The lowest BCUT2D eigenvalue weighted by Gasteiger charge is -2.36. The van der Waals surface area contributed by atoms with Gasteiger partial charge in [-0.3, -0.25) is 9.69 Å². The fraction of sp³-hybridized carbons (Fsp3) is 0.296. The summed E-state index contributed by atoms with van der Waals surface area (Å²) in [5, 5.41) is 2.99. The largest absolute Gasteiger partial charge is 0.369 e. The predicted molar refractivity (Wildman–Crippen MR) is 139 cm³/mol. The van der Waals surface area contributed by atoms with Gasteiger partial charge in [0.05, 0.1) is 4.90 Å². The number of benzene rings is 3. The first-order valence-corrected chi connectivity index (χ1v) is 13.3. The predicted octanol–water partition coefficient (Wildman–Crippen LogP) is 3.03. The van der Waals surface area contributed by atoms with E-state index < -0.39 is 10.0 Å². The van der Waals surface area contributed by atoms with E-state index >= 15 is 0 Å². The summed E-state index contributed by atoms with van der Waals surface area (Å²) in [6, 6.07) is 24.2. The van der Waals surface area contributed by atoms with Gasteiger partial charge < -0.3 is 10.2 Å². The maximum Gasteiger partial charge on any atom is 0.251 e. The van der Waals surface area contributed by atoms with Crippen LogP contribution in [0.4, 0.5) is 5.69 Å². The van der Waals surface area contributed by atoms with Crippen LogP contribution < -0.4 is 14.9 Å². The number of nitrogens with one attached hydrogen (secondary N) is 2. The number of piperazine rings is 1. The van der Waals surface area contributed by atoms with E-state index in [-0.39, 0.29) is 17.3 Å². The topological polar surface area (TPSA) is 81.7 Å². The third kappa shape index (κ3) is 6.91. The van der Waals surface area contributed by atoms with Gasteiger partial charge in [-0.2, -0.15) is 0 Å². The Morgan fingerprint density at radius 2 is 1.51 bits per heavy atom. The van der Waals surface area contributed by atoms with Crippen molar-refractivity contribution in [2.75, 3.05) is 44.2 Å². The zero-order chi connectivity index (χ0) is 24.7. The number of amides is 1. The molecule has 1 amide bonds. The van der Waals surface area contributed by atoms with E-state index in [2.05, 4.69) is 44.1 Å². The first-order chi connectivity index (χ1) is 16.9. The molecule has 35 heavy (non-hydrogen) atoms. The summed E-state index contributed by atoms with van der Waals surface area (Å²) in [7, 11) is -3.58. The van der Waals surface area contributed by atoms with Crippen LogP contribution >= 0.6 is 0 Å². The average molecular weight is 493 g/mol. The lowest BCUT2D eigenvalue weighted by molar-refractivity contribution is 0.0947. The van der Waals surface area contributed by atoms with Crippen LogP contribution in [0.3, 0.4) is 0 Å². The molecule has 1 heterocycles. The molecule has 3 aromatic carbocycles. The number of nitrogens with zero attached hydrogens (tertiary/aromatic N) is 2. The number of para-hydroxylation sites is 1. The minimum Gasteiger partial charge on any atom is -0.369 e. The van der Waals surface area contributed by atoms with Crippen LogP contribution in [0, 0.1) is 6.92 Å².